The number of hydrogen-bond donors (Lipinski definition) is 2. The van der Waals surface area contributed by atoms with Gasteiger partial charge in [-0.05, 0) is 42.8 Å². The van der Waals surface area contributed by atoms with Crippen molar-refractivity contribution in [1.82, 2.24) is 10.2 Å². The second-order valence-electron chi connectivity index (χ2n) is 6.16. The zero-order valence-corrected chi connectivity index (χ0v) is 15.4. The number of nitriles is 1. The van der Waals surface area contributed by atoms with Crippen LogP contribution in [-0.4, -0.2) is 34.4 Å². The van der Waals surface area contributed by atoms with Crippen LogP contribution in [-0.2, 0) is 17.4 Å². The number of rotatable bonds is 6. The van der Waals surface area contributed by atoms with Gasteiger partial charge in [-0.15, -0.1) is 0 Å². The Morgan fingerprint density at radius 3 is 2.41 bits per heavy atom. The number of aromatic hydroxyl groups is 1. The third kappa shape index (κ3) is 5.72. The Balaban J connectivity index is 2.29. The van der Waals surface area contributed by atoms with E-state index in [1.54, 1.807) is 13.1 Å². The third-order valence-electron chi connectivity index (χ3n) is 4.13. The normalized spacial score (nSPS) is 12.0. The van der Waals surface area contributed by atoms with E-state index in [1.165, 1.54) is 30.3 Å². The fraction of sp³-hybridized carbons (Fsp3) is 0.250. The van der Waals surface area contributed by atoms with Crippen LogP contribution in [0.4, 0.5) is 13.2 Å². The van der Waals surface area contributed by atoms with Gasteiger partial charge in [0.05, 0.1) is 5.56 Å². The van der Waals surface area contributed by atoms with Crippen LogP contribution in [0.15, 0.2) is 48.5 Å². The molecule has 0 heterocycles. The Morgan fingerprint density at radius 2 is 1.86 bits per heavy atom. The molecule has 0 aromatic heterocycles. The minimum Gasteiger partial charge on any atom is -0.508 e. The summed E-state index contributed by atoms with van der Waals surface area (Å²) in [7, 11) is 0. The van der Waals surface area contributed by atoms with Crippen molar-refractivity contribution in [3.8, 4) is 11.9 Å². The Morgan fingerprint density at radius 1 is 1.21 bits per heavy atom. The number of carbonyl (C=O) groups excluding carboxylic acids is 2. The van der Waals surface area contributed by atoms with Gasteiger partial charge in [0.25, 0.3) is 11.8 Å². The number of nitrogens with one attached hydrogen (secondary N) is 1. The number of likely N-dealkylation sites (N-methyl/N-ethyl adjacent to an activating group) is 1. The third-order valence-corrected chi connectivity index (χ3v) is 4.13. The molecule has 0 fully saturated rings. The second kappa shape index (κ2) is 9.10. The van der Waals surface area contributed by atoms with Gasteiger partial charge in [-0.25, -0.2) is 4.90 Å². The predicted octanol–water partition coefficient (Wildman–Crippen LogP) is 3.08. The predicted molar refractivity (Wildman–Crippen MR) is 97.5 cm³/mol. The minimum atomic E-state index is -4.61. The summed E-state index contributed by atoms with van der Waals surface area (Å²) in [6.07, 6.45) is -2.91. The van der Waals surface area contributed by atoms with E-state index in [1.807, 2.05) is 0 Å². The lowest BCUT2D eigenvalue weighted by Crippen LogP contribution is -2.48. The van der Waals surface area contributed by atoms with E-state index in [9.17, 15) is 27.9 Å². The molecule has 0 radical (unpaired) electrons. The first-order valence-electron chi connectivity index (χ1n) is 8.62. The Bertz CT molecular complexity index is 921. The molecular weight excluding hydrogens is 387 g/mol. The van der Waals surface area contributed by atoms with Crippen molar-refractivity contribution in [2.45, 2.75) is 25.6 Å². The molecule has 0 aliphatic heterocycles. The quantitative estimate of drug-likeness (QED) is 0.571. The summed E-state index contributed by atoms with van der Waals surface area (Å²) in [6.45, 7) is 1.65. The Kier molecular flexibility index (Phi) is 6.83. The first kappa shape index (κ1) is 21.8. The molecule has 1 atom stereocenters. The van der Waals surface area contributed by atoms with Crippen molar-refractivity contribution < 1.29 is 27.9 Å². The maximum atomic E-state index is 12.9. The highest BCUT2D eigenvalue weighted by atomic mass is 19.4. The molecule has 2 amide bonds. The topological polar surface area (TPSA) is 93.4 Å². The van der Waals surface area contributed by atoms with E-state index in [0.717, 1.165) is 17.0 Å². The molecule has 6 nitrogen and oxygen atoms in total. The number of benzene rings is 2. The number of phenols is 1. The second-order valence-corrected chi connectivity index (χ2v) is 6.16. The number of phenolic OH excluding ortho intramolecular Hbond substituents is 1. The van der Waals surface area contributed by atoms with Crippen molar-refractivity contribution >= 4 is 11.8 Å². The number of halogens is 3. The first-order valence-corrected chi connectivity index (χ1v) is 8.62. The van der Waals surface area contributed by atoms with Gasteiger partial charge >= 0.3 is 6.18 Å². The van der Waals surface area contributed by atoms with E-state index in [-0.39, 0.29) is 24.3 Å². The lowest BCUT2D eigenvalue weighted by molar-refractivity contribution is -0.137. The maximum Gasteiger partial charge on any atom is 0.416 e. The average molecular weight is 405 g/mol. The molecule has 29 heavy (non-hydrogen) atoms. The van der Waals surface area contributed by atoms with Crippen LogP contribution in [0.2, 0.25) is 0 Å². The summed E-state index contributed by atoms with van der Waals surface area (Å²) < 4.78 is 38.7. The van der Waals surface area contributed by atoms with Crippen molar-refractivity contribution in [3.05, 3.63) is 65.2 Å². The monoisotopic (exact) mass is 405 g/mol. The zero-order chi connectivity index (χ0) is 21.6. The van der Waals surface area contributed by atoms with Crippen LogP contribution in [0.5, 0.6) is 5.75 Å². The van der Waals surface area contributed by atoms with Gasteiger partial charge in [0.15, 0.2) is 6.19 Å². The summed E-state index contributed by atoms with van der Waals surface area (Å²) in [4.78, 5) is 26.0. The molecule has 2 aromatic rings. The largest absolute Gasteiger partial charge is 0.508 e. The fourth-order valence-electron chi connectivity index (χ4n) is 2.61. The summed E-state index contributed by atoms with van der Waals surface area (Å²) in [5.41, 5.74) is -0.665. The average Bonchev–Trinajstić information content (AvgIpc) is 2.69. The molecule has 2 aromatic carbocycles. The SMILES string of the molecule is CCN(C#N)C(=O)C(Cc1ccc(O)cc1)NC(=O)c1cccc(C(F)(F)F)c1. The lowest BCUT2D eigenvalue weighted by Gasteiger charge is -2.22. The van der Waals surface area contributed by atoms with Crippen LogP contribution in [0.3, 0.4) is 0 Å². The van der Waals surface area contributed by atoms with E-state index in [4.69, 9.17) is 5.26 Å². The minimum absolute atomic E-state index is 0.0110. The Labute approximate surface area is 165 Å². The van der Waals surface area contributed by atoms with Crippen molar-refractivity contribution in [3.63, 3.8) is 0 Å². The summed E-state index contributed by atoms with van der Waals surface area (Å²) in [5, 5.41) is 20.9. The van der Waals surface area contributed by atoms with Crippen LogP contribution in [0.25, 0.3) is 0 Å². The van der Waals surface area contributed by atoms with E-state index >= 15 is 0 Å². The summed E-state index contributed by atoms with van der Waals surface area (Å²) >= 11 is 0. The van der Waals surface area contributed by atoms with Gasteiger partial charge in [-0.3, -0.25) is 9.59 Å². The summed E-state index contributed by atoms with van der Waals surface area (Å²) in [6, 6.07) is 8.52. The van der Waals surface area contributed by atoms with Gasteiger partial charge in [0.1, 0.15) is 11.8 Å². The van der Waals surface area contributed by atoms with Gasteiger partial charge in [0.2, 0.25) is 0 Å². The highest BCUT2D eigenvalue weighted by Gasteiger charge is 2.31. The van der Waals surface area contributed by atoms with Gasteiger partial charge in [-0.2, -0.15) is 18.4 Å². The molecule has 2 rings (SSSR count). The van der Waals surface area contributed by atoms with Gasteiger partial charge in [-0.1, -0.05) is 18.2 Å². The number of nitrogens with zero attached hydrogens (tertiary/aromatic N) is 2. The molecule has 9 heteroatoms. The van der Waals surface area contributed by atoms with Crippen LogP contribution >= 0.6 is 0 Å². The van der Waals surface area contributed by atoms with Crippen molar-refractivity contribution in [2.75, 3.05) is 6.54 Å². The lowest BCUT2D eigenvalue weighted by atomic mass is 10.0. The standard InChI is InChI=1S/C20H18F3N3O3/c1-2-26(12-24)19(29)17(10-13-6-8-16(27)9-7-13)25-18(28)14-4-3-5-15(11-14)20(21,22)23/h3-9,11,17,27H,2,10H2,1H3,(H,25,28). The van der Waals surface area contributed by atoms with Crippen LogP contribution in [0, 0.1) is 11.5 Å². The van der Waals surface area contributed by atoms with Crippen LogP contribution < -0.4 is 5.32 Å². The summed E-state index contributed by atoms with van der Waals surface area (Å²) in [5.74, 6) is -1.55. The van der Waals surface area contributed by atoms with Crippen molar-refractivity contribution in [1.29, 1.82) is 5.26 Å². The Hall–Kier alpha value is -3.54. The number of amides is 2. The van der Waals surface area contributed by atoms with E-state index < -0.39 is 29.6 Å². The maximum absolute atomic E-state index is 12.9. The van der Waals surface area contributed by atoms with E-state index in [2.05, 4.69) is 5.32 Å². The highest BCUT2D eigenvalue weighted by Crippen LogP contribution is 2.29. The molecule has 152 valence electrons. The molecule has 0 aliphatic rings. The number of alkyl halides is 3. The van der Waals surface area contributed by atoms with Gasteiger partial charge in [0, 0.05) is 18.5 Å². The van der Waals surface area contributed by atoms with Gasteiger partial charge < -0.3 is 10.4 Å². The van der Waals surface area contributed by atoms with E-state index in [0.29, 0.717) is 11.6 Å². The molecular formula is C20H18F3N3O3. The molecule has 0 saturated carbocycles. The smallest absolute Gasteiger partial charge is 0.416 e. The highest BCUT2D eigenvalue weighted by molar-refractivity contribution is 5.98. The fourth-order valence-corrected chi connectivity index (χ4v) is 2.61. The molecule has 0 spiro atoms. The molecule has 1 unspecified atom stereocenters. The first-order chi connectivity index (χ1) is 13.7. The number of hydrogen-bond acceptors (Lipinski definition) is 4. The molecule has 0 aliphatic carbocycles. The molecule has 2 N–H and O–H groups in total. The van der Waals surface area contributed by atoms with Crippen molar-refractivity contribution in [2.24, 2.45) is 0 Å². The number of carbonyl (C=O) groups is 2. The van der Waals surface area contributed by atoms with Crippen LogP contribution in [0.1, 0.15) is 28.4 Å². The molecule has 0 saturated heterocycles. The zero-order valence-electron chi connectivity index (χ0n) is 15.4. The molecule has 0 bridgehead atoms.